The Hall–Kier alpha value is -1.39. The average molecular weight is 248 g/mol. The third kappa shape index (κ3) is 3.09. The van der Waals surface area contributed by atoms with Gasteiger partial charge in [-0.1, -0.05) is 30.3 Å². The van der Waals surface area contributed by atoms with Crippen LogP contribution in [-0.2, 0) is 11.2 Å². The third-order valence-corrected chi connectivity index (χ3v) is 3.59. The molecule has 0 saturated carbocycles. The van der Waals surface area contributed by atoms with E-state index in [0.717, 1.165) is 25.9 Å². The van der Waals surface area contributed by atoms with Crippen LogP contribution in [0.15, 0.2) is 30.3 Å². The zero-order chi connectivity index (χ0) is 13.0. The first-order valence-electron chi connectivity index (χ1n) is 6.39. The molecule has 3 N–H and O–H groups in total. The molecule has 1 aromatic carbocycles. The maximum Gasteiger partial charge on any atom is 0.325 e. The van der Waals surface area contributed by atoms with Crippen molar-refractivity contribution in [3.63, 3.8) is 0 Å². The molecule has 0 spiro atoms. The fourth-order valence-corrected chi connectivity index (χ4v) is 2.47. The van der Waals surface area contributed by atoms with E-state index in [9.17, 15) is 4.79 Å². The first-order valence-corrected chi connectivity index (χ1v) is 6.39. The summed E-state index contributed by atoms with van der Waals surface area (Å²) in [5.41, 5.74) is 6.14. The lowest BCUT2D eigenvalue weighted by molar-refractivity contribution is -0.145. The van der Waals surface area contributed by atoms with Crippen LogP contribution in [0.4, 0.5) is 0 Å². The van der Waals surface area contributed by atoms with Crippen LogP contribution >= 0.6 is 0 Å². The molecule has 1 saturated heterocycles. The second-order valence-corrected chi connectivity index (χ2v) is 5.08. The highest BCUT2D eigenvalue weighted by Gasteiger charge is 2.38. The van der Waals surface area contributed by atoms with Gasteiger partial charge in [-0.2, -0.15) is 0 Å². The lowest BCUT2D eigenvalue weighted by atomic mass is 9.90. The summed E-state index contributed by atoms with van der Waals surface area (Å²) in [6.45, 7) is 2.27. The van der Waals surface area contributed by atoms with Crippen molar-refractivity contribution in [2.24, 2.45) is 5.73 Å². The molecule has 1 heterocycles. The first kappa shape index (κ1) is 13.1. The van der Waals surface area contributed by atoms with Gasteiger partial charge in [-0.3, -0.25) is 4.79 Å². The smallest absolute Gasteiger partial charge is 0.325 e. The maximum absolute atomic E-state index is 11.1. The van der Waals surface area contributed by atoms with Gasteiger partial charge in [0.25, 0.3) is 0 Å². The number of hydrogen-bond acceptors (Lipinski definition) is 3. The van der Waals surface area contributed by atoms with Gasteiger partial charge in [-0.15, -0.1) is 0 Å². The molecule has 1 atom stereocenters. The molecule has 0 aliphatic carbocycles. The summed E-state index contributed by atoms with van der Waals surface area (Å²) in [6, 6.07) is 10.2. The number of rotatable bonds is 4. The second kappa shape index (κ2) is 5.50. The van der Waals surface area contributed by atoms with Crippen molar-refractivity contribution in [3.05, 3.63) is 35.9 Å². The Morgan fingerprint density at radius 2 is 2.11 bits per heavy atom. The molecule has 2 rings (SSSR count). The van der Waals surface area contributed by atoms with Crippen LogP contribution in [0.25, 0.3) is 0 Å². The second-order valence-electron chi connectivity index (χ2n) is 5.08. The predicted octanol–water partition coefficient (Wildman–Crippen LogP) is 1.11. The van der Waals surface area contributed by atoms with E-state index in [0.29, 0.717) is 13.0 Å². The number of carboxylic acid groups (broad SMARTS) is 1. The van der Waals surface area contributed by atoms with Gasteiger partial charge in [-0.25, -0.2) is 0 Å². The summed E-state index contributed by atoms with van der Waals surface area (Å²) >= 11 is 0. The minimum Gasteiger partial charge on any atom is -0.480 e. The van der Waals surface area contributed by atoms with Crippen LogP contribution in [0.1, 0.15) is 18.4 Å². The van der Waals surface area contributed by atoms with Gasteiger partial charge in [0.05, 0.1) is 0 Å². The van der Waals surface area contributed by atoms with E-state index in [1.165, 1.54) is 5.56 Å². The van der Waals surface area contributed by atoms with Gasteiger partial charge in [0.1, 0.15) is 5.54 Å². The summed E-state index contributed by atoms with van der Waals surface area (Å²) < 4.78 is 0. The summed E-state index contributed by atoms with van der Waals surface area (Å²) in [7, 11) is 0. The topological polar surface area (TPSA) is 66.6 Å². The van der Waals surface area contributed by atoms with Crippen molar-refractivity contribution in [1.82, 2.24) is 4.90 Å². The average Bonchev–Trinajstić information content (AvgIpc) is 2.38. The molecule has 0 radical (unpaired) electrons. The van der Waals surface area contributed by atoms with Gasteiger partial charge in [-0.05, 0) is 31.4 Å². The Morgan fingerprint density at radius 1 is 1.39 bits per heavy atom. The molecule has 4 heteroatoms. The Morgan fingerprint density at radius 3 is 2.78 bits per heavy atom. The van der Waals surface area contributed by atoms with Gasteiger partial charge >= 0.3 is 5.97 Å². The van der Waals surface area contributed by atoms with E-state index < -0.39 is 11.5 Å². The number of carbonyl (C=O) groups is 1. The highest BCUT2D eigenvalue weighted by atomic mass is 16.4. The molecule has 1 aliphatic heterocycles. The quantitative estimate of drug-likeness (QED) is 0.837. The number of benzene rings is 1. The van der Waals surface area contributed by atoms with E-state index in [4.69, 9.17) is 10.8 Å². The summed E-state index contributed by atoms with van der Waals surface area (Å²) in [6.07, 6.45) is 2.37. The summed E-state index contributed by atoms with van der Waals surface area (Å²) in [4.78, 5) is 13.3. The Bertz CT molecular complexity index is 408. The molecule has 1 unspecified atom stereocenters. The number of piperidine rings is 1. The van der Waals surface area contributed by atoms with Gasteiger partial charge in [0.15, 0.2) is 0 Å². The minimum absolute atomic E-state index is 0.454. The normalized spacial score (nSPS) is 24.9. The van der Waals surface area contributed by atoms with Gasteiger partial charge in [0, 0.05) is 13.1 Å². The molecule has 0 aromatic heterocycles. The Balaban J connectivity index is 1.89. The van der Waals surface area contributed by atoms with Crippen LogP contribution in [0.5, 0.6) is 0 Å². The largest absolute Gasteiger partial charge is 0.480 e. The van der Waals surface area contributed by atoms with Crippen LogP contribution in [-0.4, -0.2) is 41.1 Å². The van der Waals surface area contributed by atoms with Crippen LogP contribution in [0, 0.1) is 0 Å². The zero-order valence-corrected chi connectivity index (χ0v) is 10.5. The Kier molecular flexibility index (Phi) is 3.99. The fraction of sp³-hybridized carbons (Fsp3) is 0.500. The molecule has 98 valence electrons. The maximum atomic E-state index is 11.1. The van der Waals surface area contributed by atoms with Crippen molar-refractivity contribution < 1.29 is 9.90 Å². The van der Waals surface area contributed by atoms with E-state index >= 15 is 0 Å². The van der Waals surface area contributed by atoms with Crippen LogP contribution in [0.2, 0.25) is 0 Å². The summed E-state index contributed by atoms with van der Waals surface area (Å²) in [5.74, 6) is -0.882. The molecule has 1 aromatic rings. The third-order valence-electron chi connectivity index (χ3n) is 3.59. The molecule has 1 aliphatic rings. The number of carboxylic acids is 1. The molecule has 4 nitrogen and oxygen atoms in total. The first-order chi connectivity index (χ1) is 8.60. The fourth-order valence-electron chi connectivity index (χ4n) is 2.47. The monoisotopic (exact) mass is 248 g/mol. The SMILES string of the molecule is NC1(C(=O)O)CCCN(CCc2ccccc2)C1. The number of aliphatic carboxylic acids is 1. The van der Waals surface area contributed by atoms with Crippen molar-refractivity contribution in [2.75, 3.05) is 19.6 Å². The number of hydrogen-bond donors (Lipinski definition) is 2. The van der Waals surface area contributed by atoms with Crippen molar-refractivity contribution in [3.8, 4) is 0 Å². The molecule has 1 fully saturated rings. The van der Waals surface area contributed by atoms with Crippen LogP contribution in [0.3, 0.4) is 0 Å². The number of nitrogens with two attached hydrogens (primary N) is 1. The molecular weight excluding hydrogens is 228 g/mol. The van der Waals surface area contributed by atoms with Crippen molar-refractivity contribution in [2.45, 2.75) is 24.8 Å². The highest BCUT2D eigenvalue weighted by molar-refractivity contribution is 5.78. The summed E-state index contributed by atoms with van der Waals surface area (Å²) in [5, 5.41) is 9.15. The van der Waals surface area contributed by atoms with E-state index in [1.54, 1.807) is 0 Å². The zero-order valence-electron chi connectivity index (χ0n) is 10.5. The molecule has 0 amide bonds. The van der Waals surface area contributed by atoms with E-state index in [1.807, 2.05) is 18.2 Å². The molecule has 18 heavy (non-hydrogen) atoms. The van der Waals surface area contributed by atoms with Crippen LogP contribution < -0.4 is 5.73 Å². The minimum atomic E-state index is -1.06. The number of nitrogens with zero attached hydrogens (tertiary/aromatic N) is 1. The van der Waals surface area contributed by atoms with Gasteiger partial charge in [0.2, 0.25) is 0 Å². The predicted molar refractivity (Wildman–Crippen MR) is 70.4 cm³/mol. The van der Waals surface area contributed by atoms with E-state index in [-0.39, 0.29) is 0 Å². The van der Waals surface area contributed by atoms with Crippen molar-refractivity contribution >= 4 is 5.97 Å². The molecular formula is C14H20N2O2. The van der Waals surface area contributed by atoms with Gasteiger partial charge < -0.3 is 15.7 Å². The Labute approximate surface area is 107 Å². The van der Waals surface area contributed by atoms with E-state index in [2.05, 4.69) is 17.0 Å². The van der Waals surface area contributed by atoms with Crippen molar-refractivity contribution in [1.29, 1.82) is 0 Å². The number of likely N-dealkylation sites (tertiary alicyclic amines) is 1. The molecule has 0 bridgehead atoms. The highest BCUT2D eigenvalue weighted by Crippen LogP contribution is 2.19. The lowest BCUT2D eigenvalue weighted by Gasteiger charge is -2.37. The standard InChI is InChI=1S/C14H20N2O2/c15-14(13(17)18)8-4-9-16(11-14)10-7-12-5-2-1-3-6-12/h1-3,5-6H,4,7-11,15H2,(H,17,18). The lowest BCUT2D eigenvalue weighted by Crippen LogP contribution is -2.59.